The fourth-order valence-corrected chi connectivity index (χ4v) is 2.35. The molecule has 0 heterocycles. The van der Waals surface area contributed by atoms with Gasteiger partial charge < -0.3 is 10.0 Å². The van der Waals surface area contributed by atoms with Crippen LogP contribution in [0.5, 0.6) is 0 Å². The van der Waals surface area contributed by atoms with Crippen molar-refractivity contribution < 1.29 is 14.7 Å². The first kappa shape index (κ1) is 15.7. The highest BCUT2D eigenvalue weighted by atomic mass is 79.9. The summed E-state index contributed by atoms with van der Waals surface area (Å²) in [5, 5.41) is 9.60. The van der Waals surface area contributed by atoms with E-state index < -0.39 is 11.5 Å². The Morgan fingerprint density at radius 1 is 1.32 bits per heavy atom. The maximum atomic E-state index is 11.8. The number of rotatable bonds is 5. The van der Waals surface area contributed by atoms with Gasteiger partial charge in [0.25, 0.3) is 0 Å². The Labute approximate surface area is 121 Å². The molecule has 1 rings (SSSR count). The number of hydrogen-bond acceptors (Lipinski definition) is 2. The van der Waals surface area contributed by atoms with Crippen molar-refractivity contribution in [3.8, 4) is 0 Å². The highest BCUT2D eigenvalue weighted by molar-refractivity contribution is 9.10. The molecule has 1 aromatic rings. The maximum absolute atomic E-state index is 11.8. The molecule has 0 aliphatic rings. The van der Waals surface area contributed by atoms with E-state index in [0.29, 0.717) is 18.5 Å². The van der Waals surface area contributed by atoms with Gasteiger partial charge in [0.2, 0.25) is 5.91 Å². The minimum atomic E-state index is -1.34. The summed E-state index contributed by atoms with van der Waals surface area (Å²) in [5.74, 6) is -1.27. The van der Waals surface area contributed by atoms with Crippen LogP contribution in [0.25, 0.3) is 0 Å². The summed E-state index contributed by atoms with van der Waals surface area (Å²) in [5.41, 5.74) is -0.755. The Hall–Kier alpha value is -1.36. The smallest absolute Gasteiger partial charge is 0.334 e. The highest BCUT2D eigenvalue weighted by Crippen LogP contribution is 2.30. The van der Waals surface area contributed by atoms with Gasteiger partial charge in [-0.3, -0.25) is 4.79 Å². The van der Waals surface area contributed by atoms with E-state index in [4.69, 9.17) is 0 Å². The van der Waals surface area contributed by atoms with Crippen LogP contribution in [0.1, 0.15) is 32.8 Å². The van der Waals surface area contributed by atoms with Crippen molar-refractivity contribution >= 4 is 27.8 Å². The zero-order valence-electron chi connectivity index (χ0n) is 11.3. The highest BCUT2D eigenvalue weighted by Gasteiger charge is 2.42. The van der Waals surface area contributed by atoms with Gasteiger partial charge in [0.05, 0.1) is 0 Å². The molecule has 0 saturated carbocycles. The summed E-state index contributed by atoms with van der Waals surface area (Å²) in [6, 6.07) is 7.01. The minimum absolute atomic E-state index is 0.241. The molecule has 0 saturated heterocycles. The average molecular weight is 328 g/mol. The number of halogens is 1. The molecule has 5 heteroatoms. The fraction of sp³-hybridized carbons (Fsp3) is 0.429. The van der Waals surface area contributed by atoms with E-state index in [1.807, 2.05) is 6.92 Å². The normalized spacial score (nSPS) is 13.7. The van der Waals surface area contributed by atoms with Crippen molar-refractivity contribution in [3.63, 3.8) is 0 Å². The van der Waals surface area contributed by atoms with Crippen molar-refractivity contribution in [3.05, 3.63) is 34.3 Å². The first-order valence-corrected chi connectivity index (χ1v) is 6.91. The third-order valence-electron chi connectivity index (χ3n) is 3.19. The second-order valence-corrected chi connectivity index (χ2v) is 5.47. The van der Waals surface area contributed by atoms with Gasteiger partial charge in [-0.05, 0) is 31.0 Å². The molecule has 0 bridgehead atoms. The lowest BCUT2D eigenvalue weighted by Crippen LogP contribution is -2.52. The summed E-state index contributed by atoms with van der Waals surface area (Å²) >= 11 is 3.32. The fourth-order valence-electron chi connectivity index (χ4n) is 2.09. The van der Waals surface area contributed by atoms with Crippen LogP contribution in [0, 0.1) is 0 Å². The van der Waals surface area contributed by atoms with Crippen LogP contribution >= 0.6 is 15.9 Å². The topological polar surface area (TPSA) is 57.6 Å². The van der Waals surface area contributed by atoms with Gasteiger partial charge in [0, 0.05) is 17.9 Å². The molecule has 1 N–H and O–H groups in total. The Morgan fingerprint density at radius 2 is 1.84 bits per heavy atom. The van der Waals surface area contributed by atoms with Gasteiger partial charge in [0.15, 0.2) is 5.54 Å². The number of carboxylic acid groups (broad SMARTS) is 1. The molecule has 0 fully saturated rings. The number of hydrogen-bond donors (Lipinski definition) is 1. The molecule has 1 aromatic carbocycles. The first-order valence-electron chi connectivity index (χ1n) is 6.11. The molecule has 0 spiro atoms. The van der Waals surface area contributed by atoms with Crippen LogP contribution in [0.3, 0.4) is 0 Å². The molecule has 19 heavy (non-hydrogen) atoms. The Balaban J connectivity index is 3.33. The molecule has 1 atom stereocenters. The van der Waals surface area contributed by atoms with E-state index in [1.54, 1.807) is 31.2 Å². The number of aliphatic carboxylic acids is 1. The minimum Gasteiger partial charge on any atom is -0.479 e. The number of benzene rings is 1. The van der Waals surface area contributed by atoms with Crippen molar-refractivity contribution in [2.45, 2.75) is 32.7 Å². The first-order chi connectivity index (χ1) is 8.83. The van der Waals surface area contributed by atoms with Crippen molar-refractivity contribution in [1.82, 2.24) is 4.90 Å². The number of carboxylic acids is 1. The van der Waals surface area contributed by atoms with Gasteiger partial charge in [-0.25, -0.2) is 4.79 Å². The number of carbonyl (C=O) groups is 2. The Bertz CT molecular complexity index is 472. The number of amides is 1. The zero-order chi connectivity index (χ0) is 14.6. The molecule has 4 nitrogen and oxygen atoms in total. The summed E-state index contributed by atoms with van der Waals surface area (Å²) < 4.78 is 0.869. The van der Waals surface area contributed by atoms with Gasteiger partial charge in [-0.15, -0.1) is 0 Å². The molecule has 1 amide bonds. The lowest BCUT2D eigenvalue weighted by atomic mass is 9.89. The molecular weight excluding hydrogens is 310 g/mol. The average Bonchev–Trinajstić information content (AvgIpc) is 2.35. The van der Waals surface area contributed by atoms with Crippen LogP contribution in [0.15, 0.2) is 28.7 Å². The lowest BCUT2D eigenvalue weighted by Gasteiger charge is -2.37. The van der Waals surface area contributed by atoms with E-state index >= 15 is 0 Å². The lowest BCUT2D eigenvalue weighted by molar-refractivity contribution is -0.158. The van der Waals surface area contributed by atoms with Crippen LogP contribution in [0.4, 0.5) is 0 Å². The second kappa shape index (κ2) is 6.19. The summed E-state index contributed by atoms with van der Waals surface area (Å²) in [6.07, 6.45) is 0.707. The van der Waals surface area contributed by atoms with E-state index in [9.17, 15) is 14.7 Å². The maximum Gasteiger partial charge on any atom is 0.334 e. The third kappa shape index (κ3) is 3.15. The summed E-state index contributed by atoms with van der Waals surface area (Å²) in [4.78, 5) is 24.9. The molecule has 0 aromatic heterocycles. The molecule has 0 aliphatic carbocycles. The monoisotopic (exact) mass is 327 g/mol. The standard InChI is InChI=1S/C14H18BrNO3/c1-4-9-16(10(2)17)14(3,13(18)19)11-5-7-12(15)8-6-11/h5-8H,4,9H2,1-3H3,(H,18,19). The van der Waals surface area contributed by atoms with Crippen LogP contribution in [0.2, 0.25) is 0 Å². The molecular formula is C14H18BrNO3. The quantitative estimate of drug-likeness (QED) is 0.904. The second-order valence-electron chi connectivity index (χ2n) is 4.55. The Morgan fingerprint density at radius 3 is 2.21 bits per heavy atom. The van der Waals surface area contributed by atoms with E-state index in [-0.39, 0.29) is 5.91 Å². The molecule has 0 radical (unpaired) electrons. The van der Waals surface area contributed by atoms with Crippen LogP contribution in [-0.4, -0.2) is 28.4 Å². The predicted octanol–water partition coefficient (Wildman–Crippen LogP) is 3.01. The van der Waals surface area contributed by atoms with E-state index in [0.717, 1.165) is 4.47 Å². The number of nitrogens with zero attached hydrogens (tertiary/aromatic N) is 1. The van der Waals surface area contributed by atoms with Crippen LogP contribution in [-0.2, 0) is 15.1 Å². The largest absolute Gasteiger partial charge is 0.479 e. The SMILES string of the molecule is CCCN(C(C)=O)C(C)(C(=O)O)c1ccc(Br)cc1. The van der Waals surface area contributed by atoms with Gasteiger partial charge in [-0.2, -0.15) is 0 Å². The molecule has 0 aliphatic heterocycles. The Kier molecular flexibility index (Phi) is 5.11. The van der Waals surface area contributed by atoms with Gasteiger partial charge in [0.1, 0.15) is 0 Å². The third-order valence-corrected chi connectivity index (χ3v) is 3.72. The summed E-state index contributed by atoms with van der Waals surface area (Å²) in [6.45, 7) is 5.29. The van der Waals surface area contributed by atoms with Crippen molar-refractivity contribution in [2.75, 3.05) is 6.54 Å². The van der Waals surface area contributed by atoms with E-state index in [1.165, 1.54) is 11.8 Å². The van der Waals surface area contributed by atoms with Crippen molar-refractivity contribution in [2.24, 2.45) is 0 Å². The van der Waals surface area contributed by atoms with Gasteiger partial charge in [-0.1, -0.05) is 35.0 Å². The number of carbonyl (C=O) groups excluding carboxylic acids is 1. The van der Waals surface area contributed by atoms with Gasteiger partial charge >= 0.3 is 5.97 Å². The predicted molar refractivity (Wildman–Crippen MR) is 76.8 cm³/mol. The zero-order valence-corrected chi connectivity index (χ0v) is 12.9. The van der Waals surface area contributed by atoms with Crippen LogP contribution < -0.4 is 0 Å². The molecule has 1 unspecified atom stereocenters. The summed E-state index contributed by atoms with van der Waals surface area (Å²) in [7, 11) is 0. The molecule has 104 valence electrons. The van der Waals surface area contributed by atoms with Crippen molar-refractivity contribution in [1.29, 1.82) is 0 Å². The van der Waals surface area contributed by atoms with E-state index in [2.05, 4.69) is 15.9 Å².